The first-order valence-corrected chi connectivity index (χ1v) is 8.16. The van der Waals surface area contributed by atoms with Crippen molar-refractivity contribution in [1.29, 1.82) is 0 Å². The molecule has 1 aromatic heterocycles. The third kappa shape index (κ3) is 3.29. The molecule has 0 aliphatic heterocycles. The van der Waals surface area contributed by atoms with Crippen LogP contribution in [0.5, 0.6) is 0 Å². The number of hydrogen-bond acceptors (Lipinski definition) is 2. The highest BCUT2D eigenvalue weighted by Gasteiger charge is 2.08. The molecule has 120 valence electrons. The fourth-order valence-corrected chi connectivity index (χ4v) is 2.77. The minimum atomic E-state index is -0.136. The first-order valence-electron chi connectivity index (χ1n) is 8.16. The van der Waals surface area contributed by atoms with Gasteiger partial charge in [0.25, 0.3) is 0 Å². The van der Waals surface area contributed by atoms with Gasteiger partial charge in [0, 0.05) is 5.39 Å². The van der Waals surface area contributed by atoms with Gasteiger partial charge in [-0.1, -0.05) is 78.9 Å². The van der Waals surface area contributed by atoms with Crippen LogP contribution in [0.1, 0.15) is 16.1 Å². The summed E-state index contributed by atoms with van der Waals surface area (Å²) in [6, 6.07) is 27.7. The summed E-state index contributed by atoms with van der Waals surface area (Å²) in [4.78, 5) is 12.3. The molecule has 0 radical (unpaired) electrons. The maximum Gasteiger partial charge on any atom is 0.221 e. The number of rotatable bonds is 4. The smallest absolute Gasteiger partial charge is 0.221 e. The lowest BCUT2D eigenvalue weighted by Gasteiger charge is -2.01. The van der Waals surface area contributed by atoms with Crippen molar-refractivity contribution in [3.8, 4) is 11.1 Å². The summed E-state index contributed by atoms with van der Waals surface area (Å²) < 4.78 is 5.59. The molecule has 0 spiro atoms. The first kappa shape index (κ1) is 15.2. The van der Waals surface area contributed by atoms with Crippen molar-refractivity contribution in [1.82, 2.24) is 0 Å². The number of carbonyl (C=O) groups excluding carboxylic acids is 1. The first-order chi connectivity index (χ1) is 12.3. The number of para-hydroxylation sites is 1. The monoisotopic (exact) mass is 324 g/mol. The van der Waals surface area contributed by atoms with Gasteiger partial charge in [-0.15, -0.1) is 0 Å². The van der Waals surface area contributed by atoms with Gasteiger partial charge in [0.05, 0.1) is 0 Å². The summed E-state index contributed by atoms with van der Waals surface area (Å²) in [7, 11) is 0. The SMILES string of the molecule is O=C(C=Cc1ccc(-c2ccccc2)cc1)c1cc2ccccc2o1. The molecule has 1 heterocycles. The molecule has 4 aromatic rings. The summed E-state index contributed by atoms with van der Waals surface area (Å²) in [6.45, 7) is 0. The van der Waals surface area contributed by atoms with Gasteiger partial charge in [0.15, 0.2) is 5.76 Å². The van der Waals surface area contributed by atoms with E-state index in [1.54, 1.807) is 12.1 Å². The zero-order valence-corrected chi connectivity index (χ0v) is 13.6. The largest absolute Gasteiger partial charge is 0.453 e. The van der Waals surface area contributed by atoms with Crippen LogP contribution in [0.25, 0.3) is 28.2 Å². The van der Waals surface area contributed by atoms with E-state index >= 15 is 0 Å². The molecule has 3 aromatic carbocycles. The predicted molar refractivity (Wildman–Crippen MR) is 101 cm³/mol. The summed E-state index contributed by atoms with van der Waals surface area (Å²) in [5.41, 5.74) is 4.04. The van der Waals surface area contributed by atoms with Crippen LogP contribution >= 0.6 is 0 Å². The maximum atomic E-state index is 12.3. The summed E-state index contributed by atoms with van der Waals surface area (Å²) in [5.74, 6) is 0.224. The topological polar surface area (TPSA) is 30.2 Å². The normalized spacial score (nSPS) is 11.2. The van der Waals surface area contributed by atoms with Gasteiger partial charge in [0.2, 0.25) is 5.78 Å². The molecular weight excluding hydrogens is 308 g/mol. The van der Waals surface area contributed by atoms with Crippen LogP contribution in [0.2, 0.25) is 0 Å². The summed E-state index contributed by atoms with van der Waals surface area (Å²) in [5, 5.41) is 0.937. The molecule has 0 bridgehead atoms. The van der Waals surface area contributed by atoms with E-state index in [0.717, 1.165) is 22.1 Å². The highest BCUT2D eigenvalue weighted by atomic mass is 16.3. The Morgan fingerprint density at radius 1 is 0.760 bits per heavy atom. The number of carbonyl (C=O) groups is 1. The fourth-order valence-electron chi connectivity index (χ4n) is 2.77. The number of benzene rings is 3. The lowest BCUT2D eigenvalue weighted by atomic mass is 10.0. The van der Waals surface area contributed by atoms with Crippen LogP contribution in [-0.2, 0) is 0 Å². The van der Waals surface area contributed by atoms with Gasteiger partial charge < -0.3 is 4.42 Å². The van der Waals surface area contributed by atoms with E-state index in [2.05, 4.69) is 24.3 Å². The van der Waals surface area contributed by atoms with Crippen LogP contribution < -0.4 is 0 Å². The minimum Gasteiger partial charge on any atom is -0.453 e. The lowest BCUT2D eigenvalue weighted by molar-refractivity contribution is 0.102. The lowest BCUT2D eigenvalue weighted by Crippen LogP contribution is -1.90. The van der Waals surface area contributed by atoms with Gasteiger partial charge in [-0.05, 0) is 34.9 Å². The van der Waals surface area contributed by atoms with Crippen molar-refractivity contribution in [3.63, 3.8) is 0 Å². The second-order valence-corrected chi connectivity index (χ2v) is 5.83. The van der Waals surface area contributed by atoms with Crippen molar-refractivity contribution in [2.45, 2.75) is 0 Å². The minimum absolute atomic E-state index is 0.136. The third-order valence-corrected chi connectivity index (χ3v) is 4.11. The molecule has 0 aliphatic rings. The predicted octanol–water partition coefficient (Wildman–Crippen LogP) is 6.00. The Bertz CT molecular complexity index is 1010. The van der Waals surface area contributed by atoms with Gasteiger partial charge in [-0.3, -0.25) is 4.79 Å². The van der Waals surface area contributed by atoms with Crippen molar-refractivity contribution in [2.24, 2.45) is 0 Å². The molecule has 0 amide bonds. The average molecular weight is 324 g/mol. The Hall–Kier alpha value is -3.39. The van der Waals surface area contributed by atoms with Crippen LogP contribution in [0, 0.1) is 0 Å². The third-order valence-electron chi connectivity index (χ3n) is 4.11. The van der Waals surface area contributed by atoms with E-state index in [4.69, 9.17) is 4.42 Å². The van der Waals surface area contributed by atoms with Crippen molar-refractivity contribution in [3.05, 3.63) is 102 Å². The Balaban J connectivity index is 1.52. The van der Waals surface area contributed by atoms with Gasteiger partial charge in [-0.25, -0.2) is 0 Å². The molecule has 0 N–H and O–H groups in total. The van der Waals surface area contributed by atoms with Crippen LogP contribution in [-0.4, -0.2) is 5.78 Å². The number of ketones is 1. The molecule has 0 fully saturated rings. The van der Waals surface area contributed by atoms with Gasteiger partial charge >= 0.3 is 0 Å². The van der Waals surface area contributed by atoms with Crippen molar-refractivity contribution in [2.75, 3.05) is 0 Å². The zero-order chi connectivity index (χ0) is 17.1. The van der Waals surface area contributed by atoms with Gasteiger partial charge in [-0.2, -0.15) is 0 Å². The molecule has 0 atom stereocenters. The average Bonchev–Trinajstić information content (AvgIpc) is 3.11. The van der Waals surface area contributed by atoms with Crippen molar-refractivity contribution < 1.29 is 9.21 Å². The van der Waals surface area contributed by atoms with E-state index in [1.165, 1.54) is 5.56 Å². The fraction of sp³-hybridized carbons (Fsp3) is 0. The number of fused-ring (bicyclic) bond motifs is 1. The summed E-state index contributed by atoms with van der Waals surface area (Å²) >= 11 is 0. The molecule has 2 nitrogen and oxygen atoms in total. The number of allylic oxidation sites excluding steroid dienone is 1. The highest BCUT2D eigenvalue weighted by Crippen LogP contribution is 2.21. The Labute approximate surface area is 146 Å². The number of hydrogen-bond donors (Lipinski definition) is 0. The van der Waals surface area contributed by atoms with Crippen LogP contribution in [0.3, 0.4) is 0 Å². The Morgan fingerprint density at radius 3 is 2.20 bits per heavy atom. The Kier molecular flexibility index (Phi) is 4.01. The maximum absolute atomic E-state index is 12.3. The second-order valence-electron chi connectivity index (χ2n) is 5.83. The van der Waals surface area contributed by atoms with E-state index < -0.39 is 0 Å². The van der Waals surface area contributed by atoms with Crippen LogP contribution in [0.4, 0.5) is 0 Å². The molecule has 0 saturated heterocycles. The number of furan rings is 1. The molecule has 2 heteroatoms. The standard InChI is InChI=1S/C23H16O2/c24-21(23-16-20-8-4-5-9-22(20)25-23)15-12-17-10-13-19(14-11-17)18-6-2-1-3-7-18/h1-16H. The molecule has 4 rings (SSSR count). The van der Waals surface area contributed by atoms with Crippen molar-refractivity contribution >= 4 is 22.8 Å². The van der Waals surface area contributed by atoms with E-state index in [-0.39, 0.29) is 5.78 Å². The second kappa shape index (κ2) is 6.62. The molecule has 0 saturated carbocycles. The molecule has 0 aliphatic carbocycles. The highest BCUT2D eigenvalue weighted by molar-refractivity contribution is 6.06. The molecule has 0 unspecified atom stereocenters. The Morgan fingerprint density at radius 2 is 1.44 bits per heavy atom. The van der Waals surface area contributed by atoms with E-state index in [9.17, 15) is 4.79 Å². The van der Waals surface area contributed by atoms with E-state index in [0.29, 0.717) is 5.76 Å². The van der Waals surface area contributed by atoms with Gasteiger partial charge in [0.1, 0.15) is 5.58 Å². The summed E-state index contributed by atoms with van der Waals surface area (Å²) in [6.07, 6.45) is 3.36. The van der Waals surface area contributed by atoms with Crippen LogP contribution in [0.15, 0.2) is 95.4 Å². The zero-order valence-electron chi connectivity index (χ0n) is 13.6. The van der Waals surface area contributed by atoms with E-state index in [1.807, 2.05) is 60.7 Å². The quantitative estimate of drug-likeness (QED) is 0.340. The molecular formula is C23H16O2. The molecule has 25 heavy (non-hydrogen) atoms.